The Morgan fingerprint density at radius 1 is 1.24 bits per heavy atom. The molecule has 1 atom stereocenters. The highest BCUT2D eigenvalue weighted by Crippen LogP contribution is 2.24. The van der Waals surface area contributed by atoms with E-state index in [4.69, 9.17) is 0 Å². The van der Waals surface area contributed by atoms with Gasteiger partial charge in [0.25, 0.3) is 5.91 Å². The zero-order valence-corrected chi connectivity index (χ0v) is 14.5. The summed E-state index contributed by atoms with van der Waals surface area (Å²) in [6.07, 6.45) is 4.05. The molecule has 1 heterocycles. The summed E-state index contributed by atoms with van der Waals surface area (Å²) in [4.78, 5) is 14.6. The van der Waals surface area contributed by atoms with Crippen molar-refractivity contribution < 1.29 is 14.3 Å². The summed E-state index contributed by atoms with van der Waals surface area (Å²) in [5.41, 5.74) is 2.49. The normalized spacial score (nSPS) is 17.5. The zero-order chi connectivity index (χ0) is 17.8. The number of carbonyl (C=O) groups is 1. The second kappa shape index (κ2) is 7.68. The van der Waals surface area contributed by atoms with E-state index in [9.17, 15) is 14.3 Å². The van der Waals surface area contributed by atoms with Crippen molar-refractivity contribution in [3.05, 3.63) is 65.0 Å². The molecule has 1 aliphatic heterocycles. The third-order valence-corrected chi connectivity index (χ3v) is 5.00. The number of likely N-dealkylation sites (tertiary alicyclic amines) is 1. The molecular formula is C21H24FNO2. The van der Waals surface area contributed by atoms with E-state index in [1.165, 1.54) is 12.1 Å². The molecule has 0 aromatic heterocycles. The number of aryl methyl sites for hydroxylation is 2. The van der Waals surface area contributed by atoms with Crippen molar-refractivity contribution in [2.45, 2.75) is 32.6 Å². The summed E-state index contributed by atoms with van der Waals surface area (Å²) >= 11 is 0. The number of phenols is 1. The molecule has 0 aliphatic carbocycles. The quantitative estimate of drug-likeness (QED) is 0.899. The van der Waals surface area contributed by atoms with E-state index in [1.807, 2.05) is 17.0 Å². The summed E-state index contributed by atoms with van der Waals surface area (Å²) in [7, 11) is 0. The van der Waals surface area contributed by atoms with Crippen LogP contribution < -0.4 is 0 Å². The minimum Gasteiger partial charge on any atom is -0.508 e. The number of hydrogen-bond donors (Lipinski definition) is 1. The van der Waals surface area contributed by atoms with Gasteiger partial charge in [0.05, 0.1) is 0 Å². The largest absolute Gasteiger partial charge is 0.508 e. The standard InChI is InChI=1S/C21H24FNO2/c1-15-13-18(8-11-20(15)24)21(25)23-12-2-3-17(14-23)5-4-16-6-9-19(22)10-7-16/h6-11,13,17,24H,2-5,12,14H2,1H3. The molecule has 3 nitrogen and oxygen atoms in total. The molecule has 0 saturated carbocycles. The Labute approximate surface area is 148 Å². The molecular weight excluding hydrogens is 317 g/mol. The number of phenolic OH excluding ortho intramolecular Hbond substituents is 1. The fourth-order valence-electron chi connectivity index (χ4n) is 3.48. The highest BCUT2D eigenvalue weighted by Gasteiger charge is 2.24. The maximum atomic E-state index is 13.0. The average Bonchev–Trinajstić information content (AvgIpc) is 2.63. The molecule has 1 aliphatic rings. The minimum atomic E-state index is -0.206. The molecule has 2 aromatic rings. The number of hydrogen-bond acceptors (Lipinski definition) is 2. The Morgan fingerprint density at radius 2 is 2.00 bits per heavy atom. The lowest BCUT2D eigenvalue weighted by Crippen LogP contribution is -2.40. The van der Waals surface area contributed by atoms with Crippen LogP contribution in [-0.4, -0.2) is 29.0 Å². The molecule has 0 bridgehead atoms. The monoisotopic (exact) mass is 341 g/mol. The van der Waals surface area contributed by atoms with Gasteiger partial charge in [0.15, 0.2) is 0 Å². The van der Waals surface area contributed by atoms with Gasteiger partial charge >= 0.3 is 0 Å². The lowest BCUT2D eigenvalue weighted by molar-refractivity contribution is 0.0668. The van der Waals surface area contributed by atoms with Gasteiger partial charge in [-0.15, -0.1) is 0 Å². The molecule has 4 heteroatoms. The second-order valence-corrected chi connectivity index (χ2v) is 6.93. The topological polar surface area (TPSA) is 40.5 Å². The van der Waals surface area contributed by atoms with Gasteiger partial charge in [-0.2, -0.15) is 0 Å². The third kappa shape index (κ3) is 4.38. The molecule has 25 heavy (non-hydrogen) atoms. The SMILES string of the molecule is Cc1cc(C(=O)N2CCCC(CCc3ccc(F)cc3)C2)ccc1O. The summed E-state index contributed by atoms with van der Waals surface area (Å²) in [5.74, 6) is 0.519. The van der Waals surface area contributed by atoms with Crippen molar-refractivity contribution >= 4 is 5.91 Å². The van der Waals surface area contributed by atoms with Crippen molar-refractivity contribution in [3.63, 3.8) is 0 Å². The first-order chi connectivity index (χ1) is 12.0. The fourth-order valence-corrected chi connectivity index (χ4v) is 3.48. The van der Waals surface area contributed by atoms with Gasteiger partial charge in [0.1, 0.15) is 11.6 Å². The molecule has 2 aromatic carbocycles. The molecule has 1 N–H and O–H groups in total. The molecule has 132 valence electrons. The Bertz CT molecular complexity index is 742. The van der Waals surface area contributed by atoms with Crippen LogP contribution in [0, 0.1) is 18.7 Å². The molecule has 3 rings (SSSR count). The summed E-state index contributed by atoms with van der Waals surface area (Å²) < 4.78 is 13.0. The van der Waals surface area contributed by atoms with Gasteiger partial charge in [-0.05, 0) is 80.0 Å². The highest BCUT2D eigenvalue weighted by molar-refractivity contribution is 5.94. The third-order valence-electron chi connectivity index (χ3n) is 5.00. The van der Waals surface area contributed by atoms with Crippen LogP contribution in [0.2, 0.25) is 0 Å². The zero-order valence-electron chi connectivity index (χ0n) is 14.5. The Morgan fingerprint density at radius 3 is 2.72 bits per heavy atom. The fraction of sp³-hybridized carbons (Fsp3) is 0.381. The predicted octanol–water partition coefficient (Wildman–Crippen LogP) is 4.32. The Hall–Kier alpha value is -2.36. The Balaban J connectivity index is 1.59. The summed E-state index contributed by atoms with van der Waals surface area (Å²) in [6.45, 7) is 3.35. The maximum absolute atomic E-state index is 13.0. The van der Waals surface area contributed by atoms with Gasteiger partial charge in [-0.3, -0.25) is 4.79 Å². The van der Waals surface area contributed by atoms with E-state index in [0.717, 1.165) is 49.9 Å². The highest BCUT2D eigenvalue weighted by atomic mass is 19.1. The van der Waals surface area contributed by atoms with Crippen LogP contribution in [0.5, 0.6) is 5.75 Å². The second-order valence-electron chi connectivity index (χ2n) is 6.93. The van der Waals surface area contributed by atoms with E-state index in [0.29, 0.717) is 11.5 Å². The summed E-state index contributed by atoms with van der Waals surface area (Å²) in [5, 5.41) is 9.62. The van der Waals surface area contributed by atoms with Crippen LogP contribution in [0.1, 0.15) is 40.7 Å². The van der Waals surface area contributed by atoms with Gasteiger partial charge in [-0.25, -0.2) is 4.39 Å². The van der Waals surface area contributed by atoms with Crippen molar-refractivity contribution in [3.8, 4) is 5.75 Å². The number of benzene rings is 2. The number of halogens is 1. The van der Waals surface area contributed by atoms with E-state index in [2.05, 4.69) is 0 Å². The van der Waals surface area contributed by atoms with E-state index in [1.54, 1.807) is 25.1 Å². The lowest BCUT2D eigenvalue weighted by atomic mass is 9.91. The number of piperidine rings is 1. The number of nitrogens with zero attached hydrogens (tertiary/aromatic N) is 1. The van der Waals surface area contributed by atoms with Gasteiger partial charge in [0, 0.05) is 18.7 Å². The number of aromatic hydroxyl groups is 1. The average molecular weight is 341 g/mol. The van der Waals surface area contributed by atoms with E-state index < -0.39 is 0 Å². The van der Waals surface area contributed by atoms with Crippen molar-refractivity contribution in [1.82, 2.24) is 4.90 Å². The van der Waals surface area contributed by atoms with Gasteiger partial charge in [-0.1, -0.05) is 12.1 Å². The number of amides is 1. The maximum Gasteiger partial charge on any atom is 0.253 e. The smallest absolute Gasteiger partial charge is 0.253 e. The Kier molecular flexibility index (Phi) is 5.37. The van der Waals surface area contributed by atoms with Crippen LogP contribution >= 0.6 is 0 Å². The van der Waals surface area contributed by atoms with Crippen LogP contribution in [0.4, 0.5) is 4.39 Å². The molecule has 1 fully saturated rings. The summed E-state index contributed by atoms with van der Waals surface area (Å²) in [6, 6.07) is 11.7. The van der Waals surface area contributed by atoms with Gasteiger partial charge in [0.2, 0.25) is 0 Å². The molecule has 0 spiro atoms. The molecule has 1 saturated heterocycles. The van der Waals surface area contributed by atoms with Gasteiger partial charge < -0.3 is 10.0 Å². The first kappa shape index (κ1) is 17.5. The van der Waals surface area contributed by atoms with Crippen molar-refractivity contribution in [2.75, 3.05) is 13.1 Å². The first-order valence-corrected chi connectivity index (χ1v) is 8.86. The molecule has 1 amide bonds. The van der Waals surface area contributed by atoms with Crippen LogP contribution in [-0.2, 0) is 6.42 Å². The lowest BCUT2D eigenvalue weighted by Gasteiger charge is -2.33. The number of carbonyl (C=O) groups excluding carboxylic acids is 1. The number of rotatable bonds is 4. The van der Waals surface area contributed by atoms with E-state index in [-0.39, 0.29) is 17.5 Å². The van der Waals surface area contributed by atoms with Crippen LogP contribution in [0.25, 0.3) is 0 Å². The van der Waals surface area contributed by atoms with Crippen LogP contribution in [0.15, 0.2) is 42.5 Å². The van der Waals surface area contributed by atoms with Crippen molar-refractivity contribution in [2.24, 2.45) is 5.92 Å². The van der Waals surface area contributed by atoms with Crippen LogP contribution in [0.3, 0.4) is 0 Å². The first-order valence-electron chi connectivity index (χ1n) is 8.86. The molecule has 0 radical (unpaired) electrons. The minimum absolute atomic E-state index is 0.0367. The van der Waals surface area contributed by atoms with Crippen molar-refractivity contribution in [1.29, 1.82) is 0 Å². The molecule has 1 unspecified atom stereocenters. The van der Waals surface area contributed by atoms with E-state index >= 15 is 0 Å². The predicted molar refractivity (Wildman–Crippen MR) is 96.2 cm³/mol.